The van der Waals surface area contributed by atoms with E-state index in [-0.39, 0.29) is 48.9 Å². The molecular formula is C33H41NO8. The second-order valence-electron chi connectivity index (χ2n) is 13.3. The summed E-state index contributed by atoms with van der Waals surface area (Å²) in [6.07, 6.45) is 10.5. The molecule has 9 heteroatoms. The Morgan fingerprint density at radius 1 is 1.14 bits per heavy atom. The Labute approximate surface area is 246 Å². The van der Waals surface area contributed by atoms with Crippen molar-refractivity contribution in [2.24, 2.45) is 28.6 Å². The van der Waals surface area contributed by atoms with Gasteiger partial charge in [-0.05, 0) is 61.7 Å². The molecule has 1 aromatic rings. The molecule has 0 aromatic carbocycles. The van der Waals surface area contributed by atoms with Crippen LogP contribution in [0, 0.1) is 28.6 Å². The number of hydrogen-bond donors (Lipinski definition) is 2. The van der Waals surface area contributed by atoms with Gasteiger partial charge < -0.3 is 24.4 Å². The third-order valence-corrected chi connectivity index (χ3v) is 11.1. The van der Waals surface area contributed by atoms with E-state index in [2.05, 4.69) is 11.9 Å². The summed E-state index contributed by atoms with van der Waals surface area (Å²) in [5, 5.41) is 23.4. The highest BCUT2D eigenvalue weighted by Crippen LogP contribution is 2.67. The van der Waals surface area contributed by atoms with Crippen LogP contribution in [0.4, 0.5) is 0 Å². The molecule has 3 saturated carbocycles. The molecule has 4 fully saturated rings. The smallest absolute Gasteiger partial charge is 0.310 e. The van der Waals surface area contributed by atoms with Crippen molar-refractivity contribution in [2.75, 3.05) is 19.8 Å². The maximum atomic E-state index is 13.5. The van der Waals surface area contributed by atoms with Crippen LogP contribution in [-0.2, 0) is 30.3 Å². The predicted octanol–water partition coefficient (Wildman–Crippen LogP) is 3.30. The molecule has 0 spiro atoms. The van der Waals surface area contributed by atoms with Gasteiger partial charge in [-0.25, -0.2) is 4.98 Å². The third-order valence-electron chi connectivity index (χ3n) is 11.1. The number of allylic oxidation sites excluding steroid dienone is 4. The summed E-state index contributed by atoms with van der Waals surface area (Å²) in [6.45, 7) is 4.83. The van der Waals surface area contributed by atoms with E-state index in [0.717, 1.165) is 31.3 Å². The molecule has 5 aliphatic rings. The monoisotopic (exact) mass is 579 g/mol. The second-order valence-corrected chi connectivity index (χ2v) is 13.3. The van der Waals surface area contributed by atoms with Gasteiger partial charge in [0.2, 0.25) is 11.7 Å². The van der Waals surface area contributed by atoms with Gasteiger partial charge in [0.05, 0.1) is 25.7 Å². The zero-order valence-electron chi connectivity index (χ0n) is 24.4. The van der Waals surface area contributed by atoms with Crippen LogP contribution in [-0.4, -0.2) is 70.4 Å². The first kappa shape index (κ1) is 29.2. The fourth-order valence-corrected chi connectivity index (χ4v) is 8.82. The number of carbonyl (C=O) groups is 3. The number of esters is 1. The van der Waals surface area contributed by atoms with Crippen LogP contribution in [0.25, 0.3) is 0 Å². The van der Waals surface area contributed by atoms with Crippen molar-refractivity contribution in [3.05, 3.63) is 47.7 Å². The molecule has 9 nitrogen and oxygen atoms in total. The van der Waals surface area contributed by atoms with Gasteiger partial charge in [-0.1, -0.05) is 31.6 Å². The minimum Gasteiger partial charge on any atom is -0.474 e. The minimum absolute atomic E-state index is 0.0145. The van der Waals surface area contributed by atoms with Gasteiger partial charge in [-0.15, -0.1) is 0 Å². The van der Waals surface area contributed by atoms with Crippen molar-refractivity contribution in [3.8, 4) is 5.88 Å². The van der Waals surface area contributed by atoms with Crippen molar-refractivity contribution in [1.82, 2.24) is 4.98 Å². The molecule has 0 bridgehead atoms. The average molecular weight is 580 g/mol. The van der Waals surface area contributed by atoms with Crippen LogP contribution >= 0.6 is 0 Å². The molecule has 6 rings (SSSR count). The first-order valence-corrected chi connectivity index (χ1v) is 15.3. The largest absolute Gasteiger partial charge is 0.474 e. The Morgan fingerprint density at radius 3 is 2.67 bits per heavy atom. The van der Waals surface area contributed by atoms with E-state index in [1.54, 1.807) is 30.5 Å². The molecule has 2 heterocycles. The lowest BCUT2D eigenvalue weighted by Crippen LogP contribution is -2.61. The molecule has 0 amide bonds. The number of carbonyl (C=O) groups excluding carboxylic acids is 3. The zero-order chi connectivity index (χ0) is 29.7. The molecule has 4 aliphatic carbocycles. The van der Waals surface area contributed by atoms with Crippen molar-refractivity contribution < 1.29 is 38.8 Å². The van der Waals surface area contributed by atoms with Crippen LogP contribution in [0.3, 0.4) is 0 Å². The van der Waals surface area contributed by atoms with E-state index in [1.165, 1.54) is 0 Å². The highest BCUT2D eigenvalue weighted by Gasteiger charge is 2.68. The Kier molecular flexibility index (Phi) is 7.64. The van der Waals surface area contributed by atoms with Gasteiger partial charge in [0.1, 0.15) is 11.7 Å². The van der Waals surface area contributed by atoms with Gasteiger partial charge >= 0.3 is 5.97 Å². The van der Waals surface area contributed by atoms with E-state index in [4.69, 9.17) is 14.2 Å². The summed E-state index contributed by atoms with van der Waals surface area (Å²) < 4.78 is 16.6. The molecule has 1 saturated heterocycles. The number of aliphatic hydroxyl groups excluding tert-OH is 1. The molecular weight excluding hydrogens is 538 g/mol. The van der Waals surface area contributed by atoms with E-state index in [0.29, 0.717) is 31.1 Å². The SMILES string of the molecule is CC12C=CC(=O)C=C1CCC1C2C(O)CC2(C)C1CC[C@]2(O)C(=O)COC(=O)Cc1ccc(OC2CCOCC2)nc1. The number of aromatic nitrogens is 1. The number of ether oxygens (including phenoxy) is 3. The summed E-state index contributed by atoms with van der Waals surface area (Å²) in [4.78, 5) is 42.5. The van der Waals surface area contributed by atoms with Gasteiger partial charge in [0, 0.05) is 41.9 Å². The van der Waals surface area contributed by atoms with E-state index in [1.807, 2.05) is 13.0 Å². The summed E-state index contributed by atoms with van der Waals surface area (Å²) in [6, 6.07) is 3.47. The molecule has 1 aliphatic heterocycles. The molecule has 0 radical (unpaired) electrons. The van der Waals surface area contributed by atoms with Crippen LogP contribution in [0.5, 0.6) is 5.88 Å². The number of fused-ring (bicyclic) bond motifs is 5. The summed E-state index contributed by atoms with van der Waals surface area (Å²) >= 11 is 0. The fourth-order valence-electron chi connectivity index (χ4n) is 8.82. The number of pyridine rings is 1. The summed E-state index contributed by atoms with van der Waals surface area (Å²) in [5.41, 5.74) is -1.25. The predicted molar refractivity (Wildman–Crippen MR) is 151 cm³/mol. The van der Waals surface area contributed by atoms with E-state index < -0.39 is 40.9 Å². The molecule has 6 unspecified atom stereocenters. The van der Waals surface area contributed by atoms with E-state index >= 15 is 0 Å². The lowest BCUT2D eigenvalue weighted by atomic mass is 9.46. The molecule has 7 atom stereocenters. The Balaban J connectivity index is 1.08. The standard InChI is InChI=1S/C33H41NO8/c1-31-11-7-22(35)16-21(31)4-5-24-25-8-12-33(39,32(25,2)17-26(36)30(24)31)27(37)19-41-29(38)15-20-3-6-28(34-18-20)42-23-9-13-40-14-10-23/h3,6-7,11,16,18,23-26,30,36,39H,4-5,8-10,12-15,17,19H2,1-2H3/t24?,25?,26?,30?,31?,32?,33-/m0/s1. The molecule has 2 N–H and O–H groups in total. The summed E-state index contributed by atoms with van der Waals surface area (Å²) in [7, 11) is 0. The lowest BCUT2D eigenvalue weighted by Gasteiger charge is -2.59. The van der Waals surface area contributed by atoms with Crippen LogP contribution in [0.1, 0.15) is 64.4 Å². The Morgan fingerprint density at radius 2 is 1.93 bits per heavy atom. The van der Waals surface area contributed by atoms with Gasteiger partial charge in [-0.2, -0.15) is 0 Å². The average Bonchev–Trinajstić information content (AvgIpc) is 3.24. The fraction of sp³-hybridized carbons (Fsp3) is 0.636. The van der Waals surface area contributed by atoms with Crippen molar-refractivity contribution in [1.29, 1.82) is 0 Å². The quantitative estimate of drug-likeness (QED) is 0.467. The van der Waals surface area contributed by atoms with Gasteiger partial charge in [-0.3, -0.25) is 14.4 Å². The first-order chi connectivity index (χ1) is 20.0. The summed E-state index contributed by atoms with van der Waals surface area (Å²) in [5.74, 6) is -0.563. The molecule has 42 heavy (non-hydrogen) atoms. The highest BCUT2D eigenvalue weighted by molar-refractivity contribution is 6.01. The number of nitrogens with zero attached hydrogens (tertiary/aromatic N) is 1. The van der Waals surface area contributed by atoms with Crippen LogP contribution in [0.15, 0.2) is 42.1 Å². The molecule has 226 valence electrons. The Hall–Kier alpha value is -2.88. The van der Waals surface area contributed by atoms with E-state index in [9.17, 15) is 24.6 Å². The number of rotatable bonds is 7. The normalized spacial score (nSPS) is 37.7. The zero-order valence-corrected chi connectivity index (χ0v) is 24.4. The molecule has 1 aromatic heterocycles. The van der Waals surface area contributed by atoms with Gasteiger partial charge in [0.25, 0.3) is 0 Å². The first-order valence-electron chi connectivity index (χ1n) is 15.3. The highest BCUT2D eigenvalue weighted by atomic mass is 16.5. The van der Waals surface area contributed by atoms with Crippen molar-refractivity contribution in [3.63, 3.8) is 0 Å². The number of ketones is 2. The third kappa shape index (κ3) is 4.93. The van der Waals surface area contributed by atoms with Crippen molar-refractivity contribution >= 4 is 17.5 Å². The maximum absolute atomic E-state index is 13.5. The number of aliphatic hydroxyl groups is 2. The topological polar surface area (TPSA) is 132 Å². The maximum Gasteiger partial charge on any atom is 0.310 e. The number of Topliss-reactive ketones (excluding diaryl/α,β-unsaturated/α-hetero) is 1. The Bertz CT molecular complexity index is 1300. The second kappa shape index (κ2) is 11.0. The van der Waals surface area contributed by atoms with Crippen molar-refractivity contribution in [2.45, 2.75) is 83.0 Å². The minimum atomic E-state index is -1.69. The van der Waals surface area contributed by atoms with Crippen LogP contribution in [0.2, 0.25) is 0 Å². The lowest BCUT2D eigenvalue weighted by molar-refractivity contribution is -0.181. The van der Waals surface area contributed by atoms with Crippen LogP contribution < -0.4 is 4.74 Å². The number of hydrogen-bond acceptors (Lipinski definition) is 9. The van der Waals surface area contributed by atoms with Gasteiger partial charge in [0.15, 0.2) is 12.4 Å².